The van der Waals surface area contributed by atoms with Gasteiger partial charge in [0.1, 0.15) is 5.75 Å². The van der Waals surface area contributed by atoms with Crippen molar-refractivity contribution in [2.24, 2.45) is 11.8 Å². The molecule has 0 unspecified atom stereocenters. The zero-order valence-corrected chi connectivity index (χ0v) is 23.2. The summed E-state index contributed by atoms with van der Waals surface area (Å²) in [6, 6.07) is 7.95. The molecule has 0 aromatic heterocycles. The van der Waals surface area contributed by atoms with Crippen molar-refractivity contribution in [2.45, 2.75) is 47.8 Å². The van der Waals surface area contributed by atoms with Gasteiger partial charge in [-0.15, -0.1) is 0 Å². The van der Waals surface area contributed by atoms with Crippen LogP contribution in [0.5, 0.6) is 5.75 Å². The molecular weight excluding hydrogens is 588 g/mol. The molecular formula is C29H29F6NO5S. The predicted octanol–water partition coefficient (Wildman–Crippen LogP) is 7.02. The SMILES string of the molecule is O=C(/C=C/c1ccc(Sc2cccc(OC[C@H]3CC[C@@H](C(=O)O)CC3)c2)c(C(F)(F)F)c1C(F)(F)F)N1CCOCC1. The molecule has 1 N–H and O–H groups in total. The van der Waals surface area contributed by atoms with Crippen molar-refractivity contribution in [3.8, 4) is 5.75 Å². The van der Waals surface area contributed by atoms with E-state index in [4.69, 9.17) is 14.6 Å². The maximum atomic E-state index is 14.2. The largest absolute Gasteiger partial charge is 0.493 e. The molecule has 1 amide bonds. The predicted molar refractivity (Wildman–Crippen MR) is 142 cm³/mol. The second-order valence-electron chi connectivity index (χ2n) is 10.1. The molecule has 1 heterocycles. The van der Waals surface area contributed by atoms with Gasteiger partial charge in [0, 0.05) is 29.0 Å². The van der Waals surface area contributed by atoms with E-state index in [-0.39, 0.29) is 49.6 Å². The van der Waals surface area contributed by atoms with Crippen LogP contribution in [0.15, 0.2) is 52.3 Å². The lowest BCUT2D eigenvalue weighted by Gasteiger charge is -2.26. The Hall–Kier alpha value is -3.19. The third-order valence-corrected chi connectivity index (χ3v) is 8.26. The molecule has 228 valence electrons. The van der Waals surface area contributed by atoms with Gasteiger partial charge >= 0.3 is 18.3 Å². The van der Waals surface area contributed by atoms with Crippen molar-refractivity contribution in [3.05, 3.63) is 59.2 Å². The fraction of sp³-hybridized carbons (Fsp3) is 0.448. The normalized spacial score (nSPS) is 20.1. The summed E-state index contributed by atoms with van der Waals surface area (Å²) in [4.78, 5) is 24.5. The van der Waals surface area contributed by atoms with Crippen LogP contribution >= 0.6 is 11.8 Å². The highest BCUT2D eigenvalue weighted by atomic mass is 32.2. The van der Waals surface area contributed by atoms with E-state index in [1.165, 1.54) is 23.1 Å². The topological polar surface area (TPSA) is 76.1 Å². The first-order chi connectivity index (χ1) is 19.8. The fourth-order valence-electron chi connectivity index (χ4n) is 5.01. The van der Waals surface area contributed by atoms with Gasteiger partial charge in [-0.3, -0.25) is 9.59 Å². The van der Waals surface area contributed by atoms with E-state index in [0.29, 0.717) is 43.2 Å². The Kier molecular flexibility index (Phi) is 10.1. The van der Waals surface area contributed by atoms with Crippen molar-refractivity contribution in [1.29, 1.82) is 0 Å². The molecule has 6 nitrogen and oxygen atoms in total. The Labute approximate surface area is 242 Å². The van der Waals surface area contributed by atoms with Gasteiger partial charge in [0.05, 0.1) is 36.9 Å². The van der Waals surface area contributed by atoms with E-state index >= 15 is 0 Å². The maximum Gasteiger partial charge on any atom is 0.418 e. The highest BCUT2D eigenvalue weighted by Crippen LogP contribution is 2.48. The molecule has 1 saturated heterocycles. The zero-order chi connectivity index (χ0) is 30.5. The van der Waals surface area contributed by atoms with Crippen LogP contribution in [0.1, 0.15) is 42.4 Å². The standard InChI is InChI=1S/C29H29F6NO5S/c30-28(31,32)25-19(9-11-24(37)36-12-14-40-15-13-36)8-10-23(26(25)29(33,34)35)42-22-3-1-2-21(16-22)41-17-18-4-6-20(7-5-18)27(38)39/h1-3,8-11,16,18,20H,4-7,12-15,17H2,(H,38,39)/b11-9+/t18-,20+. The molecule has 1 aliphatic carbocycles. The van der Waals surface area contributed by atoms with Crippen LogP contribution < -0.4 is 4.74 Å². The lowest BCUT2D eigenvalue weighted by Crippen LogP contribution is -2.39. The van der Waals surface area contributed by atoms with Crippen LogP contribution in [0.25, 0.3) is 6.08 Å². The zero-order valence-electron chi connectivity index (χ0n) is 22.3. The Morgan fingerprint density at radius 3 is 2.26 bits per heavy atom. The summed E-state index contributed by atoms with van der Waals surface area (Å²) >= 11 is 0.528. The van der Waals surface area contributed by atoms with Crippen LogP contribution in [0.3, 0.4) is 0 Å². The summed E-state index contributed by atoms with van der Waals surface area (Å²) in [6.45, 7) is 1.27. The number of nitrogens with zero attached hydrogens (tertiary/aromatic N) is 1. The van der Waals surface area contributed by atoms with Gasteiger partial charge in [0.25, 0.3) is 0 Å². The number of hydrogen-bond donors (Lipinski definition) is 1. The number of ether oxygens (including phenoxy) is 2. The Morgan fingerprint density at radius 1 is 0.976 bits per heavy atom. The average molecular weight is 618 g/mol. The number of halogens is 6. The number of carboxylic acid groups (broad SMARTS) is 1. The van der Waals surface area contributed by atoms with Gasteiger partial charge in [-0.05, 0) is 67.5 Å². The highest BCUT2D eigenvalue weighted by Gasteiger charge is 2.46. The minimum Gasteiger partial charge on any atom is -0.493 e. The molecule has 0 bridgehead atoms. The summed E-state index contributed by atoms with van der Waals surface area (Å²) in [5, 5.41) is 9.14. The van der Waals surface area contributed by atoms with Crippen molar-refractivity contribution < 1.29 is 50.5 Å². The van der Waals surface area contributed by atoms with Crippen molar-refractivity contribution in [3.63, 3.8) is 0 Å². The molecule has 0 spiro atoms. The Morgan fingerprint density at radius 2 is 1.64 bits per heavy atom. The van der Waals surface area contributed by atoms with E-state index in [1.54, 1.807) is 6.07 Å². The molecule has 13 heteroatoms. The number of carboxylic acids is 1. The van der Waals surface area contributed by atoms with Crippen LogP contribution in [0.4, 0.5) is 26.3 Å². The number of alkyl halides is 6. The second kappa shape index (κ2) is 13.4. The summed E-state index contributed by atoms with van der Waals surface area (Å²) in [6.07, 6.45) is -6.68. The van der Waals surface area contributed by atoms with Gasteiger partial charge in [-0.2, -0.15) is 26.3 Å². The van der Waals surface area contributed by atoms with Gasteiger partial charge in [0.15, 0.2) is 0 Å². The number of aliphatic carboxylic acids is 1. The summed E-state index contributed by atoms with van der Waals surface area (Å²) in [7, 11) is 0. The van der Waals surface area contributed by atoms with Crippen LogP contribution in [0, 0.1) is 11.8 Å². The van der Waals surface area contributed by atoms with Gasteiger partial charge in [-0.1, -0.05) is 23.9 Å². The van der Waals surface area contributed by atoms with Gasteiger partial charge < -0.3 is 19.5 Å². The molecule has 2 aromatic rings. The first kappa shape index (κ1) is 31.7. The number of carbonyl (C=O) groups is 2. The lowest BCUT2D eigenvalue weighted by molar-refractivity contribution is -0.163. The van der Waals surface area contributed by atoms with E-state index in [1.807, 2.05) is 0 Å². The van der Waals surface area contributed by atoms with E-state index in [9.17, 15) is 35.9 Å². The van der Waals surface area contributed by atoms with E-state index in [2.05, 4.69) is 0 Å². The summed E-state index contributed by atoms with van der Waals surface area (Å²) in [5.74, 6) is -1.36. The summed E-state index contributed by atoms with van der Waals surface area (Å²) in [5.41, 5.74) is -4.46. The molecule has 4 rings (SSSR count). The van der Waals surface area contributed by atoms with Crippen LogP contribution in [0.2, 0.25) is 0 Å². The number of rotatable bonds is 8. The van der Waals surface area contributed by atoms with Crippen LogP contribution in [-0.4, -0.2) is 54.8 Å². The third-order valence-electron chi connectivity index (χ3n) is 7.21. The second-order valence-corrected chi connectivity index (χ2v) is 11.2. The smallest absolute Gasteiger partial charge is 0.418 e. The fourth-order valence-corrected chi connectivity index (χ4v) is 6.04. The molecule has 0 radical (unpaired) electrons. The molecule has 2 aromatic carbocycles. The average Bonchev–Trinajstić information content (AvgIpc) is 2.94. The molecule has 1 saturated carbocycles. The Balaban J connectivity index is 1.55. The minimum atomic E-state index is -5.35. The maximum absolute atomic E-state index is 14.2. The third kappa shape index (κ3) is 8.21. The number of hydrogen-bond acceptors (Lipinski definition) is 5. The molecule has 1 aliphatic heterocycles. The monoisotopic (exact) mass is 617 g/mol. The minimum absolute atomic E-state index is 0.124. The van der Waals surface area contributed by atoms with Crippen molar-refractivity contribution in [2.75, 3.05) is 32.9 Å². The molecule has 42 heavy (non-hydrogen) atoms. The van der Waals surface area contributed by atoms with Crippen molar-refractivity contribution >= 4 is 29.7 Å². The Bertz CT molecular complexity index is 1300. The molecule has 2 fully saturated rings. The van der Waals surface area contributed by atoms with Crippen LogP contribution in [-0.2, 0) is 26.7 Å². The summed E-state index contributed by atoms with van der Waals surface area (Å²) < 4.78 is 96.0. The number of benzene rings is 2. The molecule has 2 aliphatic rings. The quantitative estimate of drug-likeness (QED) is 0.254. The number of carbonyl (C=O) groups excluding carboxylic acids is 1. The number of morpholine rings is 1. The lowest BCUT2D eigenvalue weighted by atomic mass is 9.82. The van der Waals surface area contributed by atoms with Gasteiger partial charge in [-0.25, -0.2) is 0 Å². The highest BCUT2D eigenvalue weighted by molar-refractivity contribution is 7.99. The first-order valence-corrected chi connectivity index (χ1v) is 14.1. The molecule has 0 atom stereocenters. The van der Waals surface area contributed by atoms with E-state index in [0.717, 1.165) is 24.3 Å². The van der Waals surface area contributed by atoms with Gasteiger partial charge in [0.2, 0.25) is 5.91 Å². The van der Waals surface area contributed by atoms with Crippen molar-refractivity contribution in [1.82, 2.24) is 4.90 Å². The van der Waals surface area contributed by atoms with E-state index < -0.39 is 45.8 Å². The first-order valence-electron chi connectivity index (χ1n) is 13.3. The number of amides is 1.